The summed E-state index contributed by atoms with van der Waals surface area (Å²) >= 11 is 0. The van der Waals surface area contributed by atoms with Crippen LogP contribution in [0.2, 0.25) is 0 Å². The summed E-state index contributed by atoms with van der Waals surface area (Å²) in [6.45, 7) is 1.65. The SMILES string of the molecule is CCOc1ccc(NC(=O)NC(CCO)C(=O)O)cc1F. The van der Waals surface area contributed by atoms with Crippen molar-refractivity contribution in [2.75, 3.05) is 18.5 Å². The number of aliphatic carboxylic acids is 1. The highest BCUT2D eigenvalue weighted by Gasteiger charge is 2.19. The fraction of sp³-hybridized carbons (Fsp3) is 0.385. The van der Waals surface area contributed by atoms with Gasteiger partial charge in [0.15, 0.2) is 11.6 Å². The summed E-state index contributed by atoms with van der Waals surface area (Å²) in [6, 6.07) is 1.82. The van der Waals surface area contributed by atoms with E-state index in [0.717, 1.165) is 6.07 Å². The second-order valence-corrected chi connectivity index (χ2v) is 4.08. The smallest absolute Gasteiger partial charge is 0.326 e. The molecule has 116 valence electrons. The van der Waals surface area contributed by atoms with Crippen molar-refractivity contribution in [3.63, 3.8) is 0 Å². The van der Waals surface area contributed by atoms with E-state index in [1.54, 1.807) is 6.92 Å². The van der Waals surface area contributed by atoms with Crippen molar-refractivity contribution in [2.24, 2.45) is 0 Å². The van der Waals surface area contributed by atoms with Gasteiger partial charge in [-0.15, -0.1) is 0 Å². The third-order valence-electron chi connectivity index (χ3n) is 2.51. The Kier molecular flexibility index (Phi) is 6.41. The number of aliphatic hydroxyl groups is 1. The molecule has 0 aromatic heterocycles. The summed E-state index contributed by atoms with van der Waals surface area (Å²) in [4.78, 5) is 22.4. The number of rotatable bonds is 7. The van der Waals surface area contributed by atoms with E-state index < -0.39 is 23.9 Å². The number of urea groups is 1. The summed E-state index contributed by atoms with van der Waals surface area (Å²) in [6.07, 6.45) is -0.125. The lowest BCUT2D eigenvalue weighted by Crippen LogP contribution is -2.43. The van der Waals surface area contributed by atoms with Gasteiger partial charge in [-0.05, 0) is 19.1 Å². The first-order valence-electron chi connectivity index (χ1n) is 6.31. The molecule has 0 heterocycles. The van der Waals surface area contributed by atoms with E-state index in [2.05, 4.69) is 10.6 Å². The molecule has 1 unspecified atom stereocenters. The van der Waals surface area contributed by atoms with Crippen LogP contribution < -0.4 is 15.4 Å². The van der Waals surface area contributed by atoms with E-state index in [-0.39, 0.29) is 24.5 Å². The normalized spacial score (nSPS) is 11.6. The lowest BCUT2D eigenvalue weighted by molar-refractivity contribution is -0.139. The van der Waals surface area contributed by atoms with E-state index in [0.29, 0.717) is 6.61 Å². The van der Waals surface area contributed by atoms with E-state index in [1.165, 1.54) is 12.1 Å². The average Bonchev–Trinajstić information content (AvgIpc) is 2.41. The number of aliphatic hydroxyl groups excluding tert-OH is 1. The highest BCUT2D eigenvalue weighted by molar-refractivity contribution is 5.92. The van der Waals surface area contributed by atoms with Gasteiger partial charge >= 0.3 is 12.0 Å². The van der Waals surface area contributed by atoms with E-state index in [4.69, 9.17) is 14.9 Å². The number of halogens is 1. The molecule has 0 radical (unpaired) electrons. The Bertz CT molecular complexity index is 509. The lowest BCUT2D eigenvalue weighted by atomic mass is 10.2. The molecule has 0 bridgehead atoms. The Labute approximate surface area is 120 Å². The molecular formula is C13H17FN2O5. The van der Waals surface area contributed by atoms with Gasteiger partial charge in [-0.25, -0.2) is 14.0 Å². The van der Waals surface area contributed by atoms with Crippen LogP contribution in [-0.4, -0.2) is 41.5 Å². The van der Waals surface area contributed by atoms with Crippen molar-refractivity contribution in [1.29, 1.82) is 0 Å². The summed E-state index contributed by atoms with van der Waals surface area (Å²) in [5.41, 5.74) is 0.154. The molecule has 4 N–H and O–H groups in total. The lowest BCUT2D eigenvalue weighted by Gasteiger charge is -2.14. The van der Waals surface area contributed by atoms with Crippen LogP contribution in [0.5, 0.6) is 5.75 Å². The molecule has 0 fully saturated rings. The second kappa shape index (κ2) is 8.05. The molecule has 1 atom stereocenters. The Morgan fingerprint density at radius 1 is 1.43 bits per heavy atom. The maximum atomic E-state index is 13.6. The number of carboxylic acid groups (broad SMARTS) is 1. The quantitative estimate of drug-likeness (QED) is 0.605. The van der Waals surface area contributed by atoms with Gasteiger partial charge in [0.2, 0.25) is 0 Å². The molecule has 7 nitrogen and oxygen atoms in total. The summed E-state index contributed by atoms with van der Waals surface area (Å²) in [5, 5.41) is 22.0. The topological polar surface area (TPSA) is 108 Å². The highest BCUT2D eigenvalue weighted by atomic mass is 19.1. The van der Waals surface area contributed by atoms with E-state index >= 15 is 0 Å². The molecule has 0 aliphatic rings. The van der Waals surface area contributed by atoms with Crippen LogP contribution in [0.1, 0.15) is 13.3 Å². The van der Waals surface area contributed by atoms with Crippen LogP contribution in [0.3, 0.4) is 0 Å². The van der Waals surface area contributed by atoms with Gasteiger partial charge in [0, 0.05) is 24.8 Å². The fourth-order valence-corrected chi connectivity index (χ4v) is 1.56. The van der Waals surface area contributed by atoms with Crippen molar-refractivity contribution in [3.8, 4) is 5.75 Å². The van der Waals surface area contributed by atoms with Gasteiger partial charge in [-0.2, -0.15) is 0 Å². The fourth-order valence-electron chi connectivity index (χ4n) is 1.56. The molecule has 0 saturated carbocycles. The first-order valence-corrected chi connectivity index (χ1v) is 6.31. The number of ether oxygens (including phenoxy) is 1. The number of anilines is 1. The molecule has 0 aliphatic carbocycles. The zero-order valence-corrected chi connectivity index (χ0v) is 11.4. The molecule has 2 amide bonds. The molecule has 0 aliphatic heterocycles. The number of carboxylic acids is 1. The summed E-state index contributed by atoms with van der Waals surface area (Å²) in [5.74, 6) is -1.84. The van der Waals surface area contributed by atoms with Crippen LogP contribution in [0, 0.1) is 5.82 Å². The molecule has 0 spiro atoms. The Hall–Kier alpha value is -2.35. The van der Waals surface area contributed by atoms with Crippen LogP contribution in [-0.2, 0) is 4.79 Å². The van der Waals surface area contributed by atoms with Gasteiger partial charge in [-0.1, -0.05) is 0 Å². The van der Waals surface area contributed by atoms with Gasteiger partial charge in [0.1, 0.15) is 6.04 Å². The van der Waals surface area contributed by atoms with Crippen LogP contribution >= 0.6 is 0 Å². The first kappa shape index (κ1) is 16.7. The standard InChI is InChI=1S/C13H17FN2O5/c1-2-21-11-4-3-8(7-9(11)14)15-13(20)16-10(5-6-17)12(18)19/h3-4,7,10,17H,2,5-6H2,1H3,(H,18,19)(H2,15,16,20). The molecule has 21 heavy (non-hydrogen) atoms. The minimum atomic E-state index is -1.27. The zero-order valence-electron chi connectivity index (χ0n) is 11.4. The van der Waals surface area contributed by atoms with Crippen molar-refractivity contribution in [1.82, 2.24) is 5.32 Å². The maximum Gasteiger partial charge on any atom is 0.326 e. The van der Waals surface area contributed by atoms with Crippen molar-refractivity contribution in [3.05, 3.63) is 24.0 Å². The monoisotopic (exact) mass is 300 g/mol. The number of carbonyl (C=O) groups is 2. The van der Waals surface area contributed by atoms with Gasteiger partial charge < -0.3 is 25.6 Å². The van der Waals surface area contributed by atoms with Gasteiger partial charge in [0.05, 0.1) is 6.61 Å². The second-order valence-electron chi connectivity index (χ2n) is 4.08. The zero-order chi connectivity index (χ0) is 15.8. The Balaban J connectivity index is 2.66. The van der Waals surface area contributed by atoms with Crippen molar-refractivity contribution < 1.29 is 28.9 Å². The number of carbonyl (C=O) groups excluding carboxylic acids is 1. The number of hydrogen-bond donors (Lipinski definition) is 4. The summed E-state index contributed by atoms with van der Waals surface area (Å²) in [7, 11) is 0. The average molecular weight is 300 g/mol. The third kappa shape index (κ3) is 5.27. The maximum absolute atomic E-state index is 13.6. The highest BCUT2D eigenvalue weighted by Crippen LogP contribution is 2.21. The third-order valence-corrected chi connectivity index (χ3v) is 2.51. The van der Waals surface area contributed by atoms with Gasteiger partial charge in [-0.3, -0.25) is 0 Å². The van der Waals surface area contributed by atoms with E-state index in [9.17, 15) is 14.0 Å². The molecular weight excluding hydrogens is 283 g/mol. The van der Waals surface area contributed by atoms with Gasteiger partial charge in [0.25, 0.3) is 0 Å². The number of hydrogen-bond acceptors (Lipinski definition) is 4. The first-order chi connectivity index (χ1) is 9.97. The molecule has 0 saturated heterocycles. The van der Waals surface area contributed by atoms with Crippen molar-refractivity contribution in [2.45, 2.75) is 19.4 Å². The largest absolute Gasteiger partial charge is 0.491 e. The van der Waals surface area contributed by atoms with Crippen LogP contribution in [0.25, 0.3) is 0 Å². The predicted octanol–water partition coefficient (Wildman–Crippen LogP) is 1.18. The molecule has 1 rings (SSSR count). The van der Waals surface area contributed by atoms with Crippen molar-refractivity contribution >= 4 is 17.7 Å². The minimum Gasteiger partial charge on any atom is -0.491 e. The minimum absolute atomic E-state index is 0.0622. The number of benzene rings is 1. The summed E-state index contributed by atoms with van der Waals surface area (Å²) < 4.78 is 18.6. The molecule has 1 aromatic rings. The Morgan fingerprint density at radius 3 is 2.67 bits per heavy atom. The van der Waals surface area contributed by atoms with Crippen LogP contribution in [0.4, 0.5) is 14.9 Å². The molecule has 1 aromatic carbocycles. The van der Waals surface area contributed by atoms with Crippen LogP contribution in [0.15, 0.2) is 18.2 Å². The number of amides is 2. The Morgan fingerprint density at radius 2 is 2.14 bits per heavy atom. The number of nitrogens with one attached hydrogen (secondary N) is 2. The molecule has 8 heteroatoms. The van der Waals surface area contributed by atoms with E-state index in [1.807, 2.05) is 0 Å². The predicted molar refractivity (Wildman–Crippen MR) is 72.9 cm³/mol.